The molecule has 1 amide bonds. The van der Waals surface area contributed by atoms with Gasteiger partial charge >= 0.3 is 0 Å². The number of hydrogen-bond donors (Lipinski definition) is 2. The maximum absolute atomic E-state index is 10.9. The number of fused-ring (bicyclic) bond motifs is 3. The zero-order valence-corrected chi connectivity index (χ0v) is 11.3. The molecule has 1 atom stereocenters. The number of ether oxygens (including phenoxy) is 1. The quantitative estimate of drug-likeness (QED) is 0.874. The molecule has 1 unspecified atom stereocenters. The Balaban J connectivity index is 1.80. The van der Waals surface area contributed by atoms with Crippen molar-refractivity contribution in [3.8, 4) is 5.75 Å². The van der Waals surface area contributed by atoms with E-state index >= 15 is 0 Å². The van der Waals surface area contributed by atoms with Crippen LogP contribution in [0.15, 0.2) is 12.1 Å². The topological polar surface area (TPSA) is 50.4 Å². The Morgan fingerprint density at radius 3 is 3.26 bits per heavy atom. The van der Waals surface area contributed by atoms with Crippen LogP contribution in [0.4, 0.5) is 5.69 Å². The Morgan fingerprint density at radius 2 is 2.42 bits per heavy atom. The van der Waals surface area contributed by atoms with Crippen LogP contribution in [0.3, 0.4) is 0 Å². The fraction of sp³-hybridized carbons (Fsp3) is 0.533. The van der Waals surface area contributed by atoms with Crippen molar-refractivity contribution in [1.82, 2.24) is 5.32 Å². The molecule has 2 aliphatic heterocycles. The van der Waals surface area contributed by atoms with E-state index in [2.05, 4.69) is 22.8 Å². The monoisotopic (exact) mass is 260 g/mol. The zero-order chi connectivity index (χ0) is 13.2. The Bertz CT molecular complexity index is 499. The van der Waals surface area contributed by atoms with Gasteiger partial charge in [0.2, 0.25) is 5.91 Å². The Hall–Kier alpha value is -1.71. The zero-order valence-electron chi connectivity index (χ0n) is 11.3. The molecule has 0 bridgehead atoms. The number of benzene rings is 1. The van der Waals surface area contributed by atoms with E-state index in [1.807, 2.05) is 0 Å². The lowest BCUT2D eigenvalue weighted by Gasteiger charge is -2.22. The van der Waals surface area contributed by atoms with Crippen LogP contribution in [0.5, 0.6) is 5.75 Å². The van der Waals surface area contributed by atoms with E-state index in [4.69, 9.17) is 4.74 Å². The van der Waals surface area contributed by atoms with Crippen molar-refractivity contribution in [3.63, 3.8) is 0 Å². The predicted octanol–water partition coefficient (Wildman–Crippen LogP) is 2.05. The number of carbonyl (C=O) groups is 1. The highest BCUT2D eigenvalue weighted by molar-refractivity contribution is 5.72. The van der Waals surface area contributed by atoms with Gasteiger partial charge in [-0.25, -0.2) is 0 Å². The van der Waals surface area contributed by atoms with E-state index in [9.17, 15) is 4.79 Å². The van der Waals surface area contributed by atoms with Gasteiger partial charge in [-0.3, -0.25) is 4.79 Å². The minimum atomic E-state index is 0.0459. The second-order valence-corrected chi connectivity index (χ2v) is 5.30. The summed E-state index contributed by atoms with van der Waals surface area (Å²) >= 11 is 0. The minimum absolute atomic E-state index is 0.0459. The van der Waals surface area contributed by atoms with Gasteiger partial charge in [-0.05, 0) is 42.5 Å². The number of anilines is 1. The third kappa shape index (κ3) is 2.39. The van der Waals surface area contributed by atoms with Gasteiger partial charge in [-0.1, -0.05) is 0 Å². The molecule has 0 aliphatic carbocycles. The molecule has 3 rings (SSSR count). The van der Waals surface area contributed by atoms with Gasteiger partial charge in [0.1, 0.15) is 5.75 Å². The van der Waals surface area contributed by atoms with Gasteiger partial charge < -0.3 is 15.4 Å². The first-order chi connectivity index (χ1) is 9.25. The third-order valence-electron chi connectivity index (χ3n) is 3.96. The minimum Gasteiger partial charge on any atom is -0.493 e. The predicted molar refractivity (Wildman–Crippen MR) is 74.8 cm³/mol. The van der Waals surface area contributed by atoms with Crippen molar-refractivity contribution in [3.05, 3.63) is 23.3 Å². The van der Waals surface area contributed by atoms with Gasteiger partial charge in [0.25, 0.3) is 0 Å². The molecular weight excluding hydrogens is 240 g/mol. The Labute approximate surface area is 113 Å². The van der Waals surface area contributed by atoms with E-state index < -0.39 is 0 Å². The van der Waals surface area contributed by atoms with Gasteiger partial charge in [0.15, 0.2) is 0 Å². The van der Waals surface area contributed by atoms with Crippen LogP contribution in [-0.4, -0.2) is 25.6 Å². The number of carbonyl (C=O) groups excluding carboxylic acids is 1. The van der Waals surface area contributed by atoms with Crippen LogP contribution in [0, 0.1) is 0 Å². The molecule has 0 spiro atoms. The third-order valence-corrected chi connectivity index (χ3v) is 3.96. The van der Waals surface area contributed by atoms with Gasteiger partial charge in [0, 0.05) is 31.6 Å². The van der Waals surface area contributed by atoms with E-state index in [0.717, 1.165) is 44.7 Å². The normalized spacial score (nSPS) is 19.9. The molecule has 0 saturated heterocycles. The van der Waals surface area contributed by atoms with Gasteiger partial charge in [-0.2, -0.15) is 0 Å². The Kier molecular flexibility index (Phi) is 3.32. The van der Waals surface area contributed by atoms with Crippen LogP contribution < -0.4 is 15.4 Å². The lowest BCUT2D eigenvalue weighted by atomic mass is 9.89. The van der Waals surface area contributed by atoms with Crippen LogP contribution >= 0.6 is 0 Å². The summed E-state index contributed by atoms with van der Waals surface area (Å²) in [5, 5.41) is 6.36. The van der Waals surface area contributed by atoms with Crippen molar-refractivity contribution < 1.29 is 9.53 Å². The largest absolute Gasteiger partial charge is 0.493 e. The molecule has 4 nitrogen and oxygen atoms in total. The van der Waals surface area contributed by atoms with Crippen LogP contribution in [-0.2, 0) is 11.2 Å². The molecule has 102 valence electrons. The number of hydrogen-bond acceptors (Lipinski definition) is 3. The smallest absolute Gasteiger partial charge is 0.216 e. The summed E-state index contributed by atoms with van der Waals surface area (Å²) < 4.78 is 5.74. The fourth-order valence-electron chi connectivity index (χ4n) is 3.09. The highest BCUT2D eigenvalue weighted by atomic mass is 16.5. The molecule has 0 saturated carbocycles. The maximum Gasteiger partial charge on any atom is 0.216 e. The van der Waals surface area contributed by atoms with E-state index in [1.165, 1.54) is 16.8 Å². The summed E-state index contributed by atoms with van der Waals surface area (Å²) in [6.07, 6.45) is 3.19. The molecule has 1 aromatic rings. The highest BCUT2D eigenvalue weighted by Crippen LogP contribution is 2.42. The molecule has 2 aliphatic rings. The summed E-state index contributed by atoms with van der Waals surface area (Å²) in [4.78, 5) is 10.9. The first-order valence-corrected chi connectivity index (χ1v) is 7.02. The highest BCUT2D eigenvalue weighted by Gasteiger charge is 2.28. The first kappa shape index (κ1) is 12.3. The molecule has 2 N–H and O–H groups in total. The first-order valence-electron chi connectivity index (χ1n) is 7.02. The van der Waals surface area contributed by atoms with Crippen molar-refractivity contribution in [1.29, 1.82) is 0 Å². The van der Waals surface area contributed by atoms with Crippen molar-refractivity contribution in [2.45, 2.75) is 32.1 Å². The molecule has 0 radical (unpaired) electrons. The summed E-state index contributed by atoms with van der Waals surface area (Å²) in [6, 6.07) is 4.20. The summed E-state index contributed by atoms with van der Waals surface area (Å²) in [7, 11) is 0. The lowest BCUT2D eigenvalue weighted by molar-refractivity contribution is -0.118. The second-order valence-electron chi connectivity index (χ2n) is 5.30. The average Bonchev–Trinajstić information content (AvgIpc) is 2.82. The van der Waals surface area contributed by atoms with Gasteiger partial charge in [0.05, 0.1) is 6.61 Å². The molecule has 2 heterocycles. The van der Waals surface area contributed by atoms with Gasteiger partial charge in [-0.15, -0.1) is 0 Å². The summed E-state index contributed by atoms with van der Waals surface area (Å²) in [6.45, 7) is 4.10. The lowest BCUT2D eigenvalue weighted by Crippen LogP contribution is -2.23. The van der Waals surface area contributed by atoms with Crippen molar-refractivity contribution in [2.75, 3.05) is 25.0 Å². The molecule has 19 heavy (non-hydrogen) atoms. The molecular formula is C15H20N2O2. The Morgan fingerprint density at radius 1 is 1.53 bits per heavy atom. The molecule has 4 heteroatoms. The average molecular weight is 260 g/mol. The molecule has 1 aromatic carbocycles. The number of nitrogens with one attached hydrogen (secondary N) is 2. The SMILES string of the molecule is CC(=O)NCCC1CNc2ccc3c(c21)CCCO3. The molecule has 0 fully saturated rings. The second kappa shape index (κ2) is 5.11. The van der Waals surface area contributed by atoms with E-state index in [0.29, 0.717) is 5.92 Å². The summed E-state index contributed by atoms with van der Waals surface area (Å²) in [5.74, 6) is 1.58. The van der Waals surface area contributed by atoms with Crippen LogP contribution in [0.25, 0.3) is 0 Å². The van der Waals surface area contributed by atoms with E-state index in [-0.39, 0.29) is 5.91 Å². The van der Waals surface area contributed by atoms with E-state index in [1.54, 1.807) is 6.92 Å². The summed E-state index contributed by atoms with van der Waals surface area (Å²) in [5.41, 5.74) is 4.04. The van der Waals surface area contributed by atoms with Crippen LogP contribution in [0.1, 0.15) is 36.8 Å². The number of amides is 1. The van der Waals surface area contributed by atoms with Crippen molar-refractivity contribution in [2.24, 2.45) is 0 Å². The van der Waals surface area contributed by atoms with Crippen molar-refractivity contribution >= 4 is 11.6 Å². The number of rotatable bonds is 3. The maximum atomic E-state index is 10.9. The molecule has 0 aromatic heterocycles. The fourth-order valence-corrected chi connectivity index (χ4v) is 3.09. The standard InChI is InChI=1S/C15H20N2O2/c1-10(18)16-7-6-11-9-17-13-4-5-14-12(15(11)13)3-2-8-19-14/h4-5,11,17H,2-3,6-9H2,1H3,(H,16,18). The van der Waals surface area contributed by atoms with Crippen LogP contribution in [0.2, 0.25) is 0 Å².